The van der Waals surface area contributed by atoms with E-state index in [0.717, 1.165) is 5.56 Å². The molecule has 1 heterocycles. The maximum Gasteiger partial charge on any atom is 0.387 e. The minimum Gasteiger partial charge on any atom is -0.490 e. The molecule has 33 heavy (non-hydrogen) atoms. The molecule has 2 aromatic carbocycles. The zero-order valence-corrected chi connectivity index (χ0v) is 19.3. The van der Waals surface area contributed by atoms with Gasteiger partial charge in [-0.15, -0.1) is 0 Å². The summed E-state index contributed by atoms with van der Waals surface area (Å²) in [5.41, 5.74) is 1.36. The predicted octanol–water partition coefficient (Wildman–Crippen LogP) is 2.94. The summed E-state index contributed by atoms with van der Waals surface area (Å²) in [6.07, 6.45) is 0. The van der Waals surface area contributed by atoms with E-state index in [1.54, 1.807) is 31.2 Å². The lowest BCUT2D eigenvalue weighted by molar-refractivity contribution is -0.117. The lowest BCUT2D eigenvalue weighted by Crippen LogP contribution is -2.50. The van der Waals surface area contributed by atoms with Gasteiger partial charge in [-0.2, -0.15) is 13.1 Å². The van der Waals surface area contributed by atoms with E-state index in [2.05, 4.69) is 10.1 Å². The number of hydrogen-bond acceptors (Lipinski definition) is 6. The zero-order chi connectivity index (χ0) is 24.0. The van der Waals surface area contributed by atoms with Gasteiger partial charge in [-0.25, -0.2) is 8.42 Å². The van der Waals surface area contributed by atoms with E-state index in [9.17, 15) is 22.0 Å². The van der Waals surface area contributed by atoms with Crippen LogP contribution < -0.4 is 14.8 Å². The van der Waals surface area contributed by atoms with Crippen LogP contribution in [0.2, 0.25) is 0 Å². The number of rotatable bonds is 9. The van der Waals surface area contributed by atoms with Crippen molar-refractivity contribution < 1.29 is 31.5 Å². The summed E-state index contributed by atoms with van der Waals surface area (Å²) in [6, 6.07) is 10.9. The summed E-state index contributed by atoms with van der Waals surface area (Å²) >= 11 is 0. The molecule has 0 aromatic heterocycles. The molecule has 2 aromatic rings. The Morgan fingerprint density at radius 2 is 1.73 bits per heavy atom. The number of carbonyl (C=O) groups is 1. The van der Waals surface area contributed by atoms with E-state index < -0.39 is 16.6 Å². The number of piperazine rings is 1. The molecule has 3 rings (SSSR count). The highest BCUT2D eigenvalue weighted by molar-refractivity contribution is 7.89. The van der Waals surface area contributed by atoms with Crippen molar-refractivity contribution in [2.24, 2.45) is 0 Å². The Hall–Kier alpha value is -2.76. The number of alkyl halides is 2. The third-order valence-electron chi connectivity index (χ3n) is 5.10. The summed E-state index contributed by atoms with van der Waals surface area (Å²) in [5.74, 6) is -0.323. The Balaban J connectivity index is 1.55. The van der Waals surface area contributed by atoms with E-state index in [0.29, 0.717) is 18.8 Å². The van der Waals surface area contributed by atoms with Gasteiger partial charge in [-0.1, -0.05) is 17.7 Å². The SMILES string of the molecule is CCOc1cc(NC(=O)CN2CCN(S(=O)(=O)c3ccc(C)cc3)CC2)ccc1OC(F)F. The van der Waals surface area contributed by atoms with Crippen LogP contribution in [0.5, 0.6) is 11.5 Å². The molecule has 8 nitrogen and oxygen atoms in total. The number of carbonyl (C=O) groups excluding carboxylic acids is 1. The minimum atomic E-state index is -3.58. The largest absolute Gasteiger partial charge is 0.490 e. The number of halogens is 2. The number of hydrogen-bond donors (Lipinski definition) is 1. The summed E-state index contributed by atoms with van der Waals surface area (Å²) in [7, 11) is -3.58. The number of sulfonamides is 1. The number of ether oxygens (including phenoxy) is 2. The third-order valence-corrected chi connectivity index (χ3v) is 7.01. The topological polar surface area (TPSA) is 88.2 Å². The molecule has 0 aliphatic carbocycles. The van der Waals surface area contributed by atoms with E-state index in [4.69, 9.17) is 4.74 Å². The van der Waals surface area contributed by atoms with Crippen LogP contribution >= 0.6 is 0 Å². The molecule has 0 saturated carbocycles. The van der Waals surface area contributed by atoms with E-state index in [1.807, 2.05) is 11.8 Å². The Bertz CT molecular complexity index is 1060. The Morgan fingerprint density at radius 1 is 1.06 bits per heavy atom. The van der Waals surface area contributed by atoms with Crippen molar-refractivity contribution in [3.05, 3.63) is 48.0 Å². The molecular formula is C22H27F2N3O5S. The van der Waals surface area contributed by atoms with Gasteiger partial charge in [-0.05, 0) is 38.1 Å². The van der Waals surface area contributed by atoms with Crippen LogP contribution in [0.4, 0.5) is 14.5 Å². The van der Waals surface area contributed by atoms with Crippen LogP contribution in [0.3, 0.4) is 0 Å². The maximum absolute atomic E-state index is 12.8. The molecule has 0 bridgehead atoms. The van der Waals surface area contributed by atoms with Gasteiger partial charge in [-0.3, -0.25) is 9.69 Å². The first-order valence-corrected chi connectivity index (χ1v) is 11.9. The van der Waals surface area contributed by atoms with Gasteiger partial charge in [0.05, 0.1) is 18.0 Å². The first kappa shape index (κ1) is 24.9. The predicted molar refractivity (Wildman–Crippen MR) is 119 cm³/mol. The molecular weight excluding hydrogens is 456 g/mol. The number of amides is 1. The van der Waals surface area contributed by atoms with Gasteiger partial charge in [0.25, 0.3) is 0 Å². The first-order chi connectivity index (χ1) is 15.7. The standard InChI is InChI=1S/C22H27F2N3O5S/c1-3-31-20-14-17(6-9-19(20)32-22(23)24)25-21(28)15-26-10-12-27(13-11-26)33(29,30)18-7-4-16(2)5-8-18/h4-9,14,22H,3,10-13,15H2,1-2H3,(H,25,28). The fourth-order valence-corrected chi connectivity index (χ4v) is 4.86. The van der Waals surface area contributed by atoms with Crippen molar-refractivity contribution in [1.82, 2.24) is 9.21 Å². The molecule has 0 spiro atoms. The summed E-state index contributed by atoms with van der Waals surface area (Å²) in [6.45, 7) is 2.28. The Kier molecular flexibility index (Phi) is 8.22. The van der Waals surface area contributed by atoms with Crippen molar-refractivity contribution in [2.45, 2.75) is 25.4 Å². The molecule has 180 valence electrons. The summed E-state index contributed by atoms with van der Waals surface area (Å²) < 4.78 is 61.8. The molecule has 0 atom stereocenters. The number of aryl methyl sites for hydroxylation is 1. The highest BCUT2D eigenvalue weighted by Crippen LogP contribution is 2.31. The van der Waals surface area contributed by atoms with Crippen LogP contribution in [-0.2, 0) is 14.8 Å². The second-order valence-corrected chi connectivity index (χ2v) is 9.45. The highest BCUT2D eigenvalue weighted by atomic mass is 32.2. The van der Waals surface area contributed by atoms with Crippen molar-refractivity contribution in [3.63, 3.8) is 0 Å². The molecule has 11 heteroatoms. The van der Waals surface area contributed by atoms with E-state index in [1.165, 1.54) is 22.5 Å². The maximum atomic E-state index is 12.8. The summed E-state index contributed by atoms with van der Waals surface area (Å²) in [5, 5.41) is 2.71. The minimum absolute atomic E-state index is 0.0671. The van der Waals surface area contributed by atoms with Crippen molar-refractivity contribution >= 4 is 21.6 Å². The monoisotopic (exact) mass is 483 g/mol. The van der Waals surface area contributed by atoms with Crippen LogP contribution in [0.25, 0.3) is 0 Å². The first-order valence-electron chi connectivity index (χ1n) is 10.5. The lowest BCUT2D eigenvalue weighted by Gasteiger charge is -2.33. The van der Waals surface area contributed by atoms with Crippen molar-refractivity contribution in [2.75, 3.05) is 44.6 Å². The molecule has 1 fully saturated rings. The summed E-state index contributed by atoms with van der Waals surface area (Å²) in [4.78, 5) is 14.6. The molecule has 0 unspecified atom stereocenters. The molecule has 1 saturated heterocycles. The van der Waals surface area contributed by atoms with E-state index >= 15 is 0 Å². The second-order valence-electron chi connectivity index (χ2n) is 7.51. The van der Waals surface area contributed by atoms with Crippen LogP contribution in [0.1, 0.15) is 12.5 Å². The van der Waals surface area contributed by atoms with Crippen LogP contribution in [0, 0.1) is 6.92 Å². The molecule has 1 aliphatic heterocycles. The molecule has 0 radical (unpaired) electrons. The van der Waals surface area contributed by atoms with E-state index in [-0.39, 0.29) is 48.5 Å². The third kappa shape index (κ3) is 6.62. The average molecular weight is 484 g/mol. The van der Waals surface area contributed by atoms with Crippen molar-refractivity contribution in [3.8, 4) is 11.5 Å². The van der Waals surface area contributed by atoms with Gasteiger partial charge in [0.15, 0.2) is 11.5 Å². The van der Waals surface area contributed by atoms with Crippen molar-refractivity contribution in [1.29, 1.82) is 0 Å². The number of nitrogens with one attached hydrogen (secondary N) is 1. The lowest BCUT2D eigenvalue weighted by atomic mass is 10.2. The highest BCUT2D eigenvalue weighted by Gasteiger charge is 2.29. The molecule has 1 N–H and O–H groups in total. The normalized spacial score (nSPS) is 15.4. The fourth-order valence-electron chi connectivity index (χ4n) is 3.44. The van der Waals surface area contributed by atoms with Gasteiger partial charge >= 0.3 is 6.61 Å². The molecule has 1 amide bonds. The smallest absolute Gasteiger partial charge is 0.387 e. The van der Waals surface area contributed by atoms with Gasteiger partial charge in [0, 0.05) is 37.9 Å². The number of nitrogens with zero attached hydrogens (tertiary/aromatic N) is 2. The zero-order valence-electron chi connectivity index (χ0n) is 18.5. The van der Waals surface area contributed by atoms with Crippen LogP contribution in [-0.4, -0.2) is 69.5 Å². The second kappa shape index (κ2) is 10.9. The average Bonchev–Trinajstić information content (AvgIpc) is 2.76. The van der Waals surface area contributed by atoms with Crippen LogP contribution in [0.15, 0.2) is 47.4 Å². The quantitative estimate of drug-likeness (QED) is 0.590. The van der Waals surface area contributed by atoms with Gasteiger partial charge < -0.3 is 14.8 Å². The molecule has 1 aliphatic rings. The Labute approximate surface area is 192 Å². The fraction of sp³-hybridized carbons (Fsp3) is 0.409. The Morgan fingerprint density at radius 3 is 2.33 bits per heavy atom. The number of anilines is 1. The van der Waals surface area contributed by atoms with Gasteiger partial charge in [0.2, 0.25) is 15.9 Å². The number of benzene rings is 2. The van der Waals surface area contributed by atoms with Gasteiger partial charge in [0.1, 0.15) is 0 Å².